The smallest absolute Gasteiger partial charge is 0.0330 e. The van der Waals surface area contributed by atoms with Crippen molar-refractivity contribution in [3.63, 3.8) is 0 Å². The minimum atomic E-state index is 0.527. The fourth-order valence-electron chi connectivity index (χ4n) is 2.33. The Labute approximate surface area is 126 Å². The minimum absolute atomic E-state index is 0.527. The van der Waals surface area contributed by atoms with Crippen LogP contribution in [0.2, 0.25) is 0 Å². The molecule has 0 saturated carbocycles. The minimum Gasteiger partial charge on any atom is -0.310 e. The molecule has 102 valence electrons. The van der Waals surface area contributed by atoms with Crippen molar-refractivity contribution in [1.29, 1.82) is 0 Å². The van der Waals surface area contributed by atoms with E-state index in [-0.39, 0.29) is 0 Å². The summed E-state index contributed by atoms with van der Waals surface area (Å²) in [7, 11) is 0. The summed E-state index contributed by atoms with van der Waals surface area (Å²) < 4.78 is 1.43. The lowest BCUT2D eigenvalue weighted by molar-refractivity contribution is 0.480. The van der Waals surface area contributed by atoms with Gasteiger partial charge < -0.3 is 5.32 Å². The monoisotopic (exact) mass is 359 g/mol. The second kappa shape index (κ2) is 8.92. The molecule has 1 N–H and O–H groups in total. The van der Waals surface area contributed by atoms with Gasteiger partial charge in [0.05, 0.1) is 0 Å². The van der Waals surface area contributed by atoms with Crippen molar-refractivity contribution in [2.45, 2.75) is 58.9 Å². The number of nitrogens with one attached hydrogen (secondary N) is 1. The fraction of sp³-hybridized carbons (Fsp3) is 0.625. The first-order valence-electron chi connectivity index (χ1n) is 7.19. The van der Waals surface area contributed by atoms with E-state index in [1.807, 2.05) is 0 Å². The molecule has 0 amide bonds. The summed E-state index contributed by atoms with van der Waals surface area (Å²) in [6, 6.07) is 7.19. The molecule has 2 heteroatoms. The van der Waals surface area contributed by atoms with Gasteiger partial charge in [0.2, 0.25) is 0 Å². The quantitative estimate of drug-likeness (QED) is 0.496. The van der Waals surface area contributed by atoms with Crippen molar-refractivity contribution in [1.82, 2.24) is 5.32 Å². The summed E-state index contributed by atoms with van der Waals surface area (Å²) in [5.74, 6) is 0. The molecule has 1 atom stereocenters. The molecule has 0 heterocycles. The largest absolute Gasteiger partial charge is 0.310 e. The van der Waals surface area contributed by atoms with Crippen LogP contribution in [-0.4, -0.2) is 6.54 Å². The van der Waals surface area contributed by atoms with E-state index in [0.717, 1.165) is 6.54 Å². The number of rotatable bonds is 8. The molecular formula is C16H26IN. The Hall–Kier alpha value is -0.0900. The summed E-state index contributed by atoms with van der Waals surface area (Å²) in [6.07, 6.45) is 6.63. The zero-order valence-corrected chi connectivity index (χ0v) is 14.1. The molecule has 0 aliphatic rings. The highest BCUT2D eigenvalue weighted by molar-refractivity contribution is 14.1. The topological polar surface area (TPSA) is 12.0 Å². The van der Waals surface area contributed by atoms with Crippen molar-refractivity contribution in [2.75, 3.05) is 6.54 Å². The summed E-state index contributed by atoms with van der Waals surface area (Å²) in [5, 5.41) is 3.64. The normalized spacial score (nSPS) is 12.7. The van der Waals surface area contributed by atoms with Crippen LogP contribution < -0.4 is 5.32 Å². The van der Waals surface area contributed by atoms with E-state index >= 15 is 0 Å². The predicted octanol–water partition coefficient (Wildman–Crippen LogP) is 5.22. The van der Waals surface area contributed by atoms with Crippen LogP contribution >= 0.6 is 22.6 Å². The maximum atomic E-state index is 3.64. The van der Waals surface area contributed by atoms with Gasteiger partial charge in [-0.05, 0) is 53.6 Å². The molecule has 0 bridgehead atoms. The Morgan fingerprint density at radius 1 is 1.17 bits per heavy atom. The van der Waals surface area contributed by atoms with Gasteiger partial charge in [0, 0.05) is 9.61 Å². The van der Waals surface area contributed by atoms with Gasteiger partial charge in [0.1, 0.15) is 0 Å². The molecule has 0 spiro atoms. The van der Waals surface area contributed by atoms with Crippen LogP contribution in [-0.2, 0) is 0 Å². The molecule has 0 aliphatic carbocycles. The van der Waals surface area contributed by atoms with E-state index in [2.05, 4.69) is 66.9 Å². The molecule has 0 radical (unpaired) electrons. The second-order valence-electron chi connectivity index (χ2n) is 4.94. The summed E-state index contributed by atoms with van der Waals surface area (Å²) in [6.45, 7) is 7.71. The molecule has 1 unspecified atom stereocenters. The van der Waals surface area contributed by atoms with Crippen LogP contribution in [0.25, 0.3) is 0 Å². The average Bonchev–Trinajstić information content (AvgIpc) is 2.37. The standard InChI is InChI=1S/C16H26IN/c1-4-6-7-8-12-15(18-5-2)14-11-9-10-13(3)16(14)17/h9-11,15,18H,4-8,12H2,1-3H3. The van der Waals surface area contributed by atoms with Crippen LogP contribution in [0.15, 0.2) is 18.2 Å². The van der Waals surface area contributed by atoms with Gasteiger partial charge in [-0.2, -0.15) is 0 Å². The van der Waals surface area contributed by atoms with Crippen LogP contribution in [0, 0.1) is 10.5 Å². The SMILES string of the molecule is CCCCCCC(NCC)c1cccc(C)c1I. The highest BCUT2D eigenvalue weighted by Gasteiger charge is 2.13. The average molecular weight is 359 g/mol. The maximum Gasteiger partial charge on any atom is 0.0330 e. The molecule has 18 heavy (non-hydrogen) atoms. The molecule has 1 rings (SSSR count). The lowest BCUT2D eigenvalue weighted by atomic mass is 9.98. The highest BCUT2D eigenvalue weighted by Crippen LogP contribution is 2.26. The van der Waals surface area contributed by atoms with Crippen LogP contribution in [0.3, 0.4) is 0 Å². The zero-order valence-electron chi connectivity index (χ0n) is 11.9. The van der Waals surface area contributed by atoms with E-state index < -0.39 is 0 Å². The number of benzene rings is 1. The lowest BCUT2D eigenvalue weighted by Crippen LogP contribution is -2.22. The molecule has 0 saturated heterocycles. The highest BCUT2D eigenvalue weighted by atomic mass is 127. The van der Waals surface area contributed by atoms with Gasteiger partial charge >= 0.3 is 0 Å². The Morgan fingerprint density at radius 3 is 2.61 bits per heavy atom. The molecule has 0 aliphatic heterocycles. The van der Waals surface area contributed by atoms with Crippen molar-refractivity contribution < 1.29 is 0 Å². The van der Waals surface area contributed by atoms with Gasteiger partial charge in [0.15, 0.2) is 0 Å². The van der Waals surface area contributed by atoms with E-state index in [1.165, 1.54) is 46.8 Å². The zero-order chi connectivity index (χ0) is 13.4. The number of halogens is 1. The van der Waals surface area contributed by atoms with Gasteiger partial charge in [0.25, 0.3) is 0 Å². The van der Waals surface area contributed by atoms with E-state index in [9.17, 15) is 0 Å². The van der Waals surface area contributed by atoms with Crippen molar-refractivity contribution in [3.8, 4) is 0 Å². The first-order chi connectivity index (χ1) is 8.70. The lowest BCUT2D eigenvalue weighted by Gasteiger charge is -2.20. The Kier molecular flexibility index (Phi) is 7.91. The maximum absolute atomic E-state index is 3.64. The van der Waals surface area contributed by atoms with Crippen molar-refractivity contribution in [3.05, 3.63) is 32.9 Å². The molecule has 1 aromatic rings. The third-order valence-corrected chi connectivity index (χ3v) is 4.87. The summed E-state index contributed by atoms with van der Waals surface area (Å²) >= 11 is 2.49. The molecule has 1 nitrogen and oxygen atoms in total. The Bertz CT molecular complexity index is 349. The van der Waals surface area contributed by atoms with Crippen LogP contribution in [0.4, 0.5) is 0 Å². The van der Waals surface area contributed by atoms with Crippen molar-refractivity contribution in [2.24, 2.45) is 0 Å². The molecule has 1 aromatic carbocycles. The predicted molar refractivity (Wildman–Crippen MR) is 89.1 cm³/mol. The Balaban J connectivity index is 2.68. The number of aryl methyl sites for hydroxylation is 1. The third-order valence-electron chi connectivity index (χ3n) is 3.39. The Morgan fingerprint density at radius 2 is 1.94 bits per heavy atom. The van der Waals surface area contributed by atoms with E-state index in [1.54, 1.807) is 0 Å². The first kappa shape index (κ1) is 16.0. The first-order valence-corrected chi connectivity index (χ1v) is 8.27. The third kappa shape index (κ3) is 4.88. The van der Waals surface area contributed by atoms with E-state index in [4.69, 9.17) is 0 Å². The molecular weight excluding hydrogens is 333 g/mol. The van der Waals surface area contributed by atoms with Crippen LogP contribution in [0.1, 0.15) is 63.1 Å². The van der Waals surface area contributed by atoms with E-state index in [0.29, 0.717) is 6.04 Å². The van der Waals surface area contributed by atoms with Gasteiger partial charge in [-0.1, -0.05) is 57.7 Å². The number of unbranched alkanes of at least 4 members (excludes halogenated alkanes) is 3. The number of hydrogen-bond donors (Lipinski definition) is 1. The molecule has 0 aromatic heterocycles. The van der Waals surface area contributed by atoms with Gasteiger partial charge in [-0.3, -0.25) is 0 Å². The van der Waals surface area contributed by atoms with Crippen LogP contribution in [0.5, 0.6) is 0 Å². The van der Waals surface area contributed by atoms with Gasteiger partial charge in [-0.15, -0.1) is 0 Å². The number of hydrogen-bond acceptors (Lipinski definition) is 1. The second-order valence-corrected chi connectivity index (χ2v) is 6.02. The summed E-state index contributed by atoms with van der Waals surface area (Å²) in [5.41, 5.74) is 2.87. The fourth-order valence-corrected chi connectivity index (χ4v) is 3.06. The molecule has 0 fully saturated rings. The van der Waals surface area contributed by atoms with Gasteiger partial charge in [-0.25, -0.2) is 0 Å². The summed E-state index contributed by atoms with van der Waals surface area (Å²) in [4.78, 5) is 0. The van der Waals surface area contributed by atoms with Crippen molar-refractivity contribution >= 4 is 22.6 Å².